The summed E-state index contributed by atoms with van der Waals surface area (Å²) in [7, 11) is 0. The predicted molar refractivity (Wildman–Crippen MR) is 122 cm³/mol. The number of nitrogens with one attached hydrogen (secondary N) is 1. The summed E-state index contributed by atoms with van der Waals surface area (Å²) in [4.78, 5) is 6.90. The summed E-state index contributed by atoms with van der Waals surface area (Å²) in [5.74, 6) is -0.235. The van der Waals surface area contributed by atoms with Crippen LogP contribution in [0.4, 0.5) is 4.39 Å². The molecule has 0 bridgehead atoms. The van der Waals surface area contributed by atoms with Crippen LogP contribution in [0.5, 0.6) is 0 Å². The van der Waals surface area contributed by atoms with Crippen molar-refractivity contribution < 1.29 is 4.39 Å². The molecule has 0 spiro atoms. The number of unbranched alkanes of at least 4 members (excludes halogenated alkanes) is 1. The summed E-state index contributed by atoms with van der Waals surface area (Å²) in [5, 5.41) is 4.27. The van der Waals surface area contributed by atoms with E-state index in [1.807, 2.05) is 30.5 Å². The van der Waals surface area contributed by atoms with Crippen LogP contribution >= 0.6 is 12.2 Å². The summed E-state index contributed by atoms with van der Waals surface area (Å²) in [5.41, 5.74) is 5.16. The molecule has 0 aliphatic carbocycles. The van der Waals surface area contributed by atoms with Crippen LogP contribution in [-0.4, -0.2) is 26.1 Å². The third kappa shape index (κ3) is 3.72. The molecule has 1 N–H and O–H groups in total. The van der Waals surface area contributed by atoms with Crippen molar-refractivity contribution in [2.75, 3.05) is 6.54 Å². The minimum atomic E-state index is -0.235. The normalized spacial score (nSPS) is 18.7. The molecule has 3 heterocycles. The van der Waals surface area contributed by atoms with Gasteiger partial charge in [0, 0.05) is 29.8 Å². The lowest BCUT2D eigenvalue weighted by atomic mass is 9.96. The number of hydrogen-bond acceptors (Lipinski definition) is 2. The first kappa shape index (κ1) is 20.5. The summed E-state index contributed by atoms with van der Waals surface area (Å²) < 4.78 is 16.0. The van der Waals surface area contributed by atoms with Gasteiger partial charge in [0.05, 0.1) is 17.8 Å². The van der Waals surface area contributed by atoms with E-state index in [0.717, 1.165) is 47.3 Å². The van der Waals surface area contributed by atoms with E-state index >= 15 is 0 Å². The van der Waals surface area contributed by atoms with Gasteiger partial charge in [0.15, 0.2) is 5.11 Å². The Kier molecular flexibility index (Phi) is 5.86. The summed E-state index contributed by atoms with van der Waals surface area (Å²) in [6.07, 6.45) is 3.99. The molecule has 3 aromatic rings. The van der Waals surface area contributed by atoms with Gasteiger partial charge in [0.25, 0.3) is 0 Å². The maximum Gasteiger partial charge on any atom is 0.170 e. The van der Waals surface area contributed by atoms with Crippen LogP contribution in [0.15, 0.2) is 54.7 Å². The third-order valence-electron chi connectivity index (χ3n) is 5.81. The highest BCUT2D eigenvalue weighted by molar-refractivity contribution is 7.80. The topological polar surface area (TPSA) is 33.1 Å². The molecule has 2 atom stereocenters. The van der Waals surface area contributed by atoms with Crippen LogP contribution in [0.1, 0.15) is 54.5 Å². The van der Waals surface area contributed by atoms with Crippen LogP contribution in [0, 0.1) is 19.7 Å². The second-order valence-corrected chi connectivity index (χ2v) is 8.20. The molecule has 156 valence electrons. The zero-order chi connectivity index (χ0) is 21.3. The maximum absolute atomic E-state index is 13.9. The molecular formula is C24H27FN4S. The van der Waals surface area contributed by atoms with Gasteiger partial charge in [0.1, 0.15) is 5.82 Å². The van der Waals surface area contributed by atoms with Gasteiger partial charge in [-0.05, 0) is 74.4 Å². The molecule has 4 nitrogen and oxygen atoms in total. The Balaban J connectivity index is 1.82. The molecule has 6 heteroatoms. The lowest BCUT2D eigenvalue weighted by Crippen LogP contribution is -2.30. The maximum atomic E-state index is 13.9. The molecule has 0 saturated carbocycles. The second-order valence-electron chi connectivity index (χ2n) is 7.82. The molecule has 1 saturated heterocycles. The molecule has 30 heavy (non-hydrogen) atoms. The van der Waals surface area contributed by atoms with E-state index in [0.29, 0.717) is 0 Å². The molecule has 2 aromatic heterocycles. The van der Waals surface area contributed by atoms with Crippen molar-refractivity contribution in [3.05, 3.63) is 83.2 Å². The number of nitrogens with zero attached hydrogens (tertiary/aromatic N) is 3. The second kappa shape index (κ2) is 8.56. The van der Waals surface area contributed by atoms with Crippen LogP contribution in [0.3, 0.4) is 0 Å². The third-order valence-corrected chi connectivity index (χ3v) is 6.16. The number of halogens is 1. The molecule has 1 aliphatic rings. The van der Waals surface area contributed by atoms with Crippen molar-refractivity contribution >= 4 is 17.3 Å². The lowest BCUT2D eigenvalue weighted by molar-refractivity contribution is 0.312. The molecule has 0 radical (unpaired) electrons. The number of thiocarbonyl (C=S) groups is 1. The highest BCUT2D eigenvalue weighted by atomic mass is 32.1. The Morgan fingerprint density at radius 3 is 2.67 bits per heavy atom. The Bertz CT molecular complexity index is 1050. The van der Waals surface area contributed by atoms with Gasteiger partial charge in [-0.2, -0.15) is 0 Å². The van der Waals surface area contributed by atoms with Gasteiger partial charge in [-0.25, -0.2) is 4.39 Å². The zero-order valence-corrected chi connectivity index (χ0v) is 18.4. The Morgan fingerprint density at radius 2 is 1.97 bits per heavy atom. The minimum absolute atomic E-state index is 0.0305. The molecule has 1 aliphatic heterocycles. The van der Waals surface area contributed by atoms with E-state index < -0.39 is 0 Å². The largest absolute Gasteiger partial charge is 0.352 e. The highest BCUT2D eigenvalue weighted by Gasteiger charge is 2.41. The van der Waals surface area contributed by atoms with E-state index in [9.17, 15) is 4.39 Å². The van der Waals surface area contributed by atoms with Crippen molar-refractivity contribution in [3.8, 4) is 5.69 Å². The molecule has 0 amide bonds. The van der Waals surface area contributed by atoms with E-state index in [2.05, 4.69) is 46.6 Å². The summed E-state index contributed by atoms with van der Waals surface area (Å²) in [6.45, 7) is 7.24. The lowest BCUT2D eigenvalue weighted by Gasteiger charge is -2.28. The zero-order valence-electron chi connectivity index (χ0n) is 17.6. The molecular weight excluding hydrogens is 395 g/mol. The fourth-order valence-corrected chi connectivity index (χ4v) is 4.74. The van der Waals surface area contributed by atoms with Gasteiger partial charge in [0.2, 0.25) is 0 Å². The Morgan fingerprint density at radius 1 is 1.13 bits per heavy atom. The van der Waals surface area contributed by atoms with Gasteiger partial charge < -0.3 is 14.8 Å². The smallest absolute Gasteiger partial charge is 0.170 e. The van der Waals surface area contributed by atoms with E-state index in [4.69, 9.17) is 12.2 Å². The van der Waals surface area contributed by atoms with Crippen LogP contribution in [-0.2, 0) is 0 Å². The summed E-state index contributed by atoms with van der Waals surface area (Å²) in [6, 6.07) is 14.9. The molecule has 0 unspecified atom stereocenters. The van der Waals surface area contributed by atoms with Crippen molar-refractivity contribution in [2.24, 2.45) is 0 Å². The van der Waals surface area contributed by atoms with Crippen molar-refractivity contribution in [3.63, 3.8) is 0 Å². The number of aryl methyl sites for hydroxylation is 1. The van der Waals surface area contributed by atoms with Crippen LogP contribution < -0.4 is 5.32 Å². The van der Waals surface area contributed by atoms with Crippen LogP contribution in [0.2, 0.25) is 0 Å². The average Bonchev–Trinajstić information content (AvgIpc) is 3.22. The van der Waals surface area contributed by atoms with Crippen LogP contribution in [0.25, 0.3) is 5.69 Å². The monoisotopic (exact) mass is 422 g/mol. The van der Waals surface area contributed by atoms with E-state index in [1.165, 1.54) is 11.6 Å². The number of hydrogen-bond donors (Lipinski definition) is 1. The predicted octanol–water partition coefficient (Wildman–Crippen LogP) is 5.40. The number of benzene rings is 1. The first-order chi connectivity index (χ1) is 14.5. The van der Waals surface area contributed by atoms with Crippen molar-refractivity contribution in [1.82, 2.24) is 19.8 Å². The van der Waals surface area contributed by atoms with Gasteiger partial charge in [-0.3, -0.25) is 4.98 Å². The Labute approximate surface area is 182 Å². The fraction of sp³-hybridized carbons (Fsp3) is 0.333. The van der Waals surface area contributed by atoms with Gasteiger partial charge >= 0.3 is 0 Å². The van der Waals surface area contributed by atoms with E-state index in [1.54, 1.807) is 12.1 Å². The quantitative estimate of drug-likeness (QED) is 0.539. The first-order valence-corrected chi connectivity index (χ1v) is 10.8. The van der Waals surface area contributed by atoms with Gasteiger partial charge in [-0.1, -0.05) is 25.5 Å². The van der Waals surface area contributed by atoms with Gasteiger partial charge in [-0.15, -0.1) is 0 Å². The first-order valence-electron chi connectivity index (χ1n) is 10.4. The number of pyridine rings is 1. The molecule has 1 aromatic carbocycles. The fourth-order valence-electron chi connectivity index (χ4n) is 4.41. The molecule has 4 rings (SSSR count). The van der Waals surface area contributed by atoms with Crippen molar-refractivity contribution in [1.29, 1.82) is 0 Å². The number of rotatable bonds is 6. The summed E-state index contributed by atoms with van der Waals surface area (Å²) >= 11 is 5.73. The number of aromatic nitrogens is 2. The molecule has 1 fully saturated rings. The highest BCUT2D eigenvalue weighted by Crippen LogP contribution is 2.41. The standard InChI is InChI=1S/C24H27FN4S/c1-4-5-13-28-23(22(27-24(28)30)21-11-6-7-12-26-21)20-14-16(2)29(17(20)3)19-10-8-9-18(25)15-19/h6-12,14-15,22-23H,4-5,13H2,1-3H3,(H,27,30)/t22-,23+/m1/s1. The minimum Gasteiger partial charge on any atom is -0.352 e. The Hall–Kier alpha value is -2.73. The van der Waals surface area contributed by atoms with E-state index in [-0.39, 0.29) is 17.9 Å². The SMILES string of the molecule is CCCCN1C(=S)N[C@H](c2ccccn2)[C@@H]1c1cc(C)n(-c2cccc(F)c2)c1C. The average molecular weight is 423 g/mol. The van der Waals surface area contributed by atoms with Crippen molar-refractivity contribution in [2.45, 2.75) is 45.7 Å².